The summed E-state index contributed by atoms with van der Waals surface area (Å²) in [5.41, 5.74) is 4.96. The van der Waals surface area contributed by atoms with Crippen molar-refractivity contribution < 1.29 is 33.3 Å². The fraction of sp³-hybridized carbons (Fsp3) is 0.261. The zero-order valence-electron chi connectivity index (χ0n) is 16.7. The molecular formula is C23H25IN2OS. The number of aromatic nitrogens is 1. The SMILES string of the molecule is CCOc1cc2c(cc1C)N(CC)/C(=C\c1cc[n+](C)c3ccccc13)S2.[I-]. The Kier molecular flexibility index (Phi) is 6.55. The Morgan fingerprint density at radius 2 is 1.93 bits per heavy atom. The molecule has 1 aliphatic rings. The lowest BCUT2D eigenvalue weighted by Crippen LogP contribution is -3.00. The van der Waals surface area contributed by atoms with Crippen LogP contribution in [0.4, 0.5) is 5.69 Å². The number of para-hydroxylation sites is 1. The molecule has 0 spiro atoms. The molecule has 1 aromatic heterocycles. The standard InChI is InChI=1S/C23H25N2OS.HI/c1-5-25-20-13-16(3)21(26-6-2)15-22(20)27-23(25)14-17-11-12-24(4)19-10-8-7-9-18(17)19;/h7-15H,5-6H2,1-4H3;1H/q+1;/p-1. The van der Waals surface area contributed by atoms with Crippen LogP contribution in [0.1, 0.15) is 25.0 Å². The zero-order valence-corrected chi connectivity index (χ0v) is 19.7. The van der Waals surface area contributed by atoms with Crippen LogP contribution in [-0.2, 0) is 7.05 Å². The molecular weight excluding hydrogens is 479 g/mol. The fourth-order valence-electron chi connectivity index (χ4n) is 3.62. The Balaban J connectivity index is 0.00000225. The molecule has 0 saturated carbocycles. The van der Waals surface area contributed by atoms with E-state index in [0.29, 0.717) is 6.61 Å². The molecule has 28 heavy (non-hydrogen) atoms. The number of thioether (sulfide) groups is 1. The Morgan fingerprint density at radius 1 is 1.14 bits per heavy atom. The minimum absolute atomic E-state index is 0. The van der Waals surface area contributed by atoms with E-state index in [1.807, 2.05) is 18.7 Å². The minimum Gasteiger partial charge on any atom is -1.00 e. The first kappa shape index (κ1) is 21.0. The molecule has 0 amide bonds. The number of halogens is 1. The first-order valence-electron chi connectivity index (χ1n) is 9.44. The van der Waals surface area contributed by atoms with Gasteiger partial charge in [0.25, 0.3) is 0 Å². The smallest absolute Gasteiger partial charge is 0.212 e. The van der Waals surface area contributed by atoms with E-state index < -0.39 is 0 Å². The maximum atomic E-state index is 5.80. The molecule has 0 saturated heterocycles. The third-order valence-corrected chi connectivity index (χ3v) is 6.09. The van der Waals surface area contributed by atoms with Crippen LogP contribution >= 0.6 is 11.8 Å². The molecule has 2 heterocycles. The Morgan fingerprint density at radius 3 is 2.68 bits per heavy atom. The summed E-state index contributed by atoms with van der Waals surface area (Å²) in [6.45, 7) is 7.99. The van der Waals surface area contributed by atoms with Gasteiger partial charge in [0.1, 0.15) is 12.8 Å². The van der Waals surface area contributed by atoms with Gasteiger partial charge in [-0.2, -0.15) is 0 Å². The molecule has 3 aromatic rings. The topological polar surface area (TPSA) is 16.4 Å². The molecule has 146 valence electrons. The van der Waals surface area contributed by atoms with Crippen LogP contribution in [0.25, 0.3) is 17.0 Å². The Hall–Kier alpha value is -1.73. The molecule has 0 radical (unpaired) electrons. The third-order valence-electron chi connectivity index (χ3n) is 5.00. The van der Waals surface area contributed by atoms with Crippen LogP contribution in [0.3, 0.4) is 0 Å². The number of rotatable bonds is 4. The van der Waals surface area contributed by atoms with Crippen LogP contribution in [0.2, 0.25) is 0 Å². The normalized spacial score (nSPS) is 14.3. The molecule has 0 unspecified atom stereocenters. The number of hydrogen-bond donors (Lipinski definition) is 0. The Labute approximate surface area is 188 Å². The van der Waals surface area contributed by atoms with Crippen molar-refractivity contribution in [1.29, 1.82) is 0 Å². The van der Waals surface area contributed by atoms with Crippen molar-refractivity contribution in [3.05, 3.63) is 64.8 Å². The quantitative estimate of drug-likeness (QED) is 0.401. The largest absolute Gasteiger partial charge is 1.00 e. The molecule has 0 fully saturated rings. The van der Waals surface area contributed by atoms with Gasteiger partial charge in [-0.25, -0.2) is 4.57 Å². The maximum Gasteiger partial charge on any atom is 0.212 e. The average Bonchev–Trinajstić information content (AvgIpc) is 3.00. The lowest BCUT2D eigenvalue weighted by molar-refractivity contribution is -0.644. The van der Waals surface area contributed by atoms with Crippen LogP contribution in [-0.4, -0.2) is 13.2 Å². The summed E-state index contributed by atoms with van der Waals surface area (Å²) in [6, 6.07) is 15.2. The van der Waals surface area contributed by atoms with Crippen LogP contribution in [0, 0.1) is 6.92 Å². The summed E-state index contributed by atoms with van der Waals surface area (Å²) in [6.07, 6.45) is 4.45. The predicted octanol–water partition coefficient (Wildman–Crippen LogP) is 2.31. The molecule has 0 bridgehead atoms. The van der Waals surface area contributed by atoms with Crippen molar-refractivity contribution >= 4 is 34.4 Å². The summed E-state index contributed by atoms with van der Waals surface area (Å²) < 4.78 is 7.97. The number of aryl methyl sites for hydroxylation is 2. The second kappa shape index (κ2) is 8.74. The number of hydrogen-bond acceptors (Lipinski definition) is 3. The number of nitrogens with zero attached hydrogens (tertiary/aromatic N) is 2. The molecule has 0 atom stereocenters. The second-order valence-corrected chi connectivity index (χ2v) is 7.81. The van der Waals surface area contributed by atoms with Crippen molar-refractivity contribution in [2.24, 2.45) is 7.05 Å². The van der Waals surface area contributed by atoms with Gasteiger partial charge < -0.3 is 33.6 Å². The lowest BCUT2D eigenvalue weighted by atomic mass is 10.1. The summed E-state index contributed by atoms with van der Waals surface area (Å²) >= 11 is 1.83. The van der Waals surface area contributed by atoms with Crippen molar-refractivity contribution in [2.75, 3.05) is 18.1 Å². The van der Waals surface area contributed by atoms with Crippen molar-refractivity contribution in [1.82, 2.24) is 0 Å². The summed E-state index contributed by atoms with van der Waals surface area (Å²) in [7, 11) is 2.09. The third kappa shape index (κ3) is 3.74. The van der Waals surface area contributed by atoms with Gasteiger partial charge in [-0.1, -0.05) is 23.9 Å². The van der Waals surface area contributed by atoms with Gasteiger partial charge in [0, 0.05) is 23.6 Å². The van der Waals surface area contributed by atoms with Gasteiger partial charge in [-0.15, -0.1) is 0 Å². The highest BCUT2D eigenvalue weighted by Gasteiger charge is 2.26. The van der Waals surface area contributed by atoms with Gasteiger partial charge in [0.15, 0.2) is 6.20 Å². The van der Waals surface area contributed by atoms with Crippen molar-refractivity contribution in [3.8, 4) is 5.75 Å². The van der Waals surface area contributed by atoms with Crippen molar-refractivity contribution in [2.45, 2.75) is 25.7 Å². The molecule has 1 aliphatic heterocycles. The monoisotopic (exact) mass is 504 g/mol. The van der Waals surface area contributed by atoms with E-state index in [0.717, 1.165) is 12.3 Å². The minimum atomic E-state index is 0. The van der Waals surface area contributed by atoms with Gasteiger partial charge in [-0.3, -0.25) is 0 Å². The number of benzene rings is 2. The average molecular weight is 504 g/mol. The molecule has 0 N–H and O–H groups in total. The van der Waals surface area contributed by atoms with Gasteiger partial charge in [0.2, 0.25) is 5.52 Å². The van der Waals surface area contributed by atoms with Gasteiger partial charge in [0.05, 0.1) is 22.7 Å². The zero-order chi connectivity index (χ0) is 19.0. The highest BCUT2D eigenvalue weighted by atomic mass is 127. The van der Waals surface area contributed by atoms with E-state index in [-0.39, 0.29) is 24.0 Å². The molecule has 4 rings (SSSR count). The van der Waals surface area contributed by atoms with E-state index in [1.165, 1.54) is 37.6 Å². The second-order valence-electron chi connectivity index (χ2n) is 6.75. The van der Waals surface area contributed by atoms with E-state index in [2.05, 4.69) is 85.1 Å². The molecule has 3 nitrogen and oxygen atoms in total. The Bertz CT molecular complexity index is 1050. The predicted molar refractivity (Wildman–Crippen MR) is 114 cm³/mol. The number of fused-ring (bicyclic) bond motifs is 2. The van der Waals surface area contributed by atoms with Gasteiger partial charge in [-0.05, 0) is 56.2 Å². The first-order valence-corrected chi connectivity index (χ1v) is 10.3. The summed E-state index contributed by atoms with van der Waals surface area (Å²) in [4.78, 5) is 3.66. The van der Waals surface area contributed by atoms with E-state index in [4.69, 9.17) is 4.74 Å². The van der Waals surface area contributed by atoms with Crippen molar-refractivity contribution in [3.63, 3.8) is 0 Å². The highest BCUT2D eigenvalue weighted by molar-refractivity contribution is 8.03. The van der Waals surface area contributed by atoms with E-state index >= 15 is 0 Å². The lowest BCUT2D eigenvalue weighted by Gasteiger charge is -2.19. The molecule has 2 aromatic carbocycles. The summed E-state index contributed by atoms with van der Waals surface area (Å²) in [5, 5.41) is 2.54. The maximum absolute atomic E-state index is 5.80. The van der Waals surface area contributed by atoms with E-state index in [1.54, 1.807) is 0 Å². The van der Waals surface area contributed by atoms with Gasteiger partial charge >= 0.3 is 0 Å². The number of pyridine rings is 1. The highest BCUT2D eigenvalue weighted by Crippen LogP contribution is 2.49. The first-order chi connectivity index (χ1) is 13.1. The number of anilines is 1. The fourth-order valence-corrected chi connectivity index (χ4v) is 4.81. The van der Waals surface area contributed by atoms with Crippen LogP contribution < -0.4 is 38.2 Å². The van der Waals surface area contributed by atoms with E-state index in [9.17, 15) is 0 Å². The van der Waals surface area contributed by atoms with Crippen LogP contribution in [0.5, 0.6) is 5.75 Å². The van der Waals surface area contributed by atoms with Crippen LogP contribution in [0.15, 0.2) is 58.6 Å². The molecule has 5 heteroatoms. The number of ether oxygens (including phenoxy) is 1. The molecule has 0 aliphatic carbocycles. The summed E-state index contributed by atoms with van der Waals surface area (Å²) in [5.74, 6) is 0.984.